The van der Waals surface area contributed by atoms with Gasteiger partial charge < -0.3 is 14.6 Å². The summed E-state index contributed by atoms with van der Waals surface area (Å²) in [5, 5.41) is 11.7. The number of ether oxygens (including phenoxy) is 2. The number of aliphatic hydroxyl groups excluding tert-OH is 1. The van der Waals surface area contributed by atoms with Gasteiger partial charge in [-0.1, -0.05) is 6.07 Å². The van der Waals surface area contributed by atoms with Crippen LogP contribution in [0.5, 0.6) is 5.75 Å². The Morgan fingerprint density at radius 3 is 2.82 bits per heavy atom. The molecule has 4 rings (SSSR count). The van der Waals surface area contributed by atoms with Crippen molar-refractivity contribution in [2.24, 2.45) is 11.8 Å². The van der Waals surface area contributed by atoms with Gasteiger partial charge in [-0.3, -0.25) is 4.90 Å². The first-order valence-electron chi connectivity index (χ1n) is 9.68. The molecule has 2 aromatic rings. The second-order valence-electron chi connectivity index (χ2n) is 7.77. The molecular formula is C21H26N2O4S. The fourth-order valence-electron chi connectivity index (χ4n) is 4.43. The van der Waals surface area contributed by atoms with Crippen LogP contribution in [0.25, 0.3) is 0 Å². The van der Waals surface area contributed by atoms with Crippen molar-refractivity contribution < 1.29 is 19.4 Å². The highest BCUT2D eigenvalue weighted by molar-refractivity contribution is 7.11. The van der Waals surface area contributed by atoms with Crippen molar-refractivity contribution >= 4 is 17.3 Å². The number of fused-ring (bicyclic) bond motifs is 1. The molecule has 7 heteroatoms. The number of thiazole rings is 1. The summed E-state index contributed by atoms with van der Waals surface area (Å²) in [5.74, 6) is 1.23. The van der Waals surface area contributed by atoms with Crippen LogP contribution in [0.1, 0.15) is 33.1 Å². The number of hydrogen-bond acceptors (Lipinski definition) is 7. The minimum absolute atomic E-state index is 0.250. The SMILES string of the molecule is COC(=O)c1cccc(O[C@@H]2C[C@@H]3CN(Cc4cnc(C)s4)C[C@@H]3C[C@H]2O)c1. The lowest BCUT2D eigenvalue weighted by Crippen LogP contribution is -2.42. The maximum absolute atomic E-state index is 11.7. The van der Waals surface area contributed by atoms with Crippen LogP contribution >= 0.6 is 11.3 Å². The van der Waals surface area contributed by atoms with E-state index in [9.17, 15) is 9.90 Å². The van der Waals surface area contributed by atoms with Crippen molar-refractivity contribution in [3.8, 4) is 5.75 Å². The lowest BCUT2D eigenvalue weighted by molar-refractivity contribution is -0.0231. The number of nitrogens with zero attached hydrogens (tertiary/aromatic N) is 2. The number of aryl methyl sites for hydroxylation is 1. The van der Waals surface area contributed by atoms with Gasteiger partial charge in [0.2, 0.25) is 0 Å². The number of aromatic nitrogens is 1. The Balaban J connectivity index is 1.38. The zero-order chi connectivity index (χ0) is 19.7. The van der Waals surface area contributed by atoms with Gasteiger partial charge >= 0.3 is 5.97 Å². The number of rotatable bonds is 5. The molecule has 1 aromatic carbocycles. The summed E-state index contributed by atoms with van der Waals surface area (Å²) in [4.78, 5) is 19.8. The monoisotopic (exact) mass is 402 g/mol. The molecule has 0 amide bonds. The summed E-state index contributed by atoms with van der Waals surface area (Å²) in [6.45, 7) is 5.01. The average molecular weight is 403 g/mol. The standard InChI is InChI=1S/C21H26N2O4S/c1-13-22-9-18(28-13)12-23-10-15-7-19(24)20(8-16(15)11-23)27-17-5-3-4-14(6-17)21(25)26-2/h3-6,9,15-16,19-20,24H,7-8,10-12H2,1-2H3/t15-,16+,19+,20+/m0/s1. The van der Waals surface area contributed by atoms with Crippen LogP contribution < -0.4 is 4.74 Å². The fraction of sp³-hybridized carbons (Fsp3) is 0.524. The molecule has 0 spiro atoms. The van der Waals surface area contributed by atoms with Crippen molar-refractivity contribution in [2.45, 2.75) is 38.5 Å². The maximum Gasteiger partial charge on any atom is 0.337 e. The molecule has 6 nitrogen and oxygen atoms in total. The number of aliphatic hydroxyl groups is 1. The molecule has 1 N–H and O–H groups in total. The second-order valence-corrected chi connectivity index (χ2v) is 9.09. The summed E-state index contributed by atoms with van der Waals surface area (Å²) in [6.07, 6.45) is 2.81. The minimum Gasteiger partial charge on any atom is -0.488 e. The van der Waals surface area contributed by atoms with Gasteiger partial charge in [0.15, 0.2) is 0 Å². The van der Waals surface area contributed by atoms with E-state index >= 15 is 0 Å². The van der Waals surface area contributed by atoms with Crippen molar-refractivity contribution in [1.82, 2.24) is 9.88 Å². The second kappa shape index (κ2) is 8.19. The molecule has 2 fully saturated rings. The summed E-state index contributed by atoms with van der Waals surface area (Å²) in [7, 11) is 1.36. The number of esters is 1. The highest BCUT2D eigenvalue weighted by Crippen LogP contribution is 2.38. The topological polar surface area (TPSA) is 71.9 Å². The van der Waals surface area contributed by atoms with Crippen LogP contribution in [0.3, 0.4) is 0 Å². The van der Waals surface area contributed by atoms with Crippen LogP contribution in [0.15, 0.2) is 30.5 Å². The molecule has 150 valence electrons. The molecule has 1 saturated carbocycles. The molecule has 0 radical (unpaired) electrons. The predicted octanol–water partition coefficient (Wildman–Crippen LogP) is 2.89. The van der Waals surface area contributed by atoms with Gasteiger partial charge in [-0.15, -0.1) is 11.3 Å². The Bertz CT molecular complexity index is 839. The predicted molar refractivity (Wildman–Crippen MR) is 107 cm³/mol. The largest absolute Gasteiger partial charge is 0.488 e. The summed E-state index contributed by atoms with van der Waals surface area (Å²) >= 11 is 1.75. The highest BCUT2D eigenvalue weighted by Gasteiger charge is 2.42. The van der Waals surface area contributed by atoms with E-state index in [0.29, 0.717) is 23.1 Å². The van der Waals surface area contributed by atoms with Gasteiger partial charge in [0, 0.05) is 30.7 Å². The molecule has 0 bridgehead atoms. The molecule has 1 aliphatic heterocycles. The van der Waals surface area contributed by atoms with Crippen molar-refractivity contribution in [3.05, 3.63) is 45.9 Å². The molecule has 1 aromatic heterocycles. The normalized spacial score (nSPS) is 27.4. The molecule has 1 aliphatic carbocycles. The van der Waals surface area contributed by atoms with E-state index in [2.05, 4.69) is 9.88 Å². The molecule has 0 unspecified atom stereocenters. The van der Waals surface area contributed by atoms with Crippen LogP contribution in [0, 0.1) is 18.8 Å². The fourth-order valence-corrected chi connectivity index (χ4v) is 5.27. The zero-order valence-electron chi connectivity index (χ0n) is 16.2. The van der Waals surface area contributed by atoms with Crippen molar-refractivity contribution in [1.29, 1.82) is 0 Å². The number of carbonyl (C=O) groups excluding carboxylic acids is 1. The quantitative estimate of drug-likeness (QED) is 0.776. The third-order valence-corrected chi connectivity index (χ3v) is 6.65. The first-order chi connectivity index (χ1) is 13.5. The minimum atomic E-state index is -0.492. The maximum atomic E-state index is 11.7. The van der Waals surface area contributed by atoms with E-state index in [0.717, 1.165) is 37.5 Å². The van der Waals surface area contributed by atoms with Crippen LogP contribution in [0.4, 0.5) is 0 Å². The number of hydrogen-bond donors (Lipinski definition) is 1. The Labute approximate surface area is 169 Å². The van der Waals surface area contributed by atoms with Crippen LogP contribution in [0.2, 0.25) is 0 Å². The lowest BCUT2D eigenvalue weighted by Gasteiger charge is -2.35. The van der Waals surface area contributed by atoms with E-state index in [1.165, 1.54) is 12.0 Å². The molecule has 2 heterocycles. The third-order valence-electron chi connectivity index (χ3n) is 5.75. The first kappa shape index (κ1) is 19.4. The smallest absolute Gasteiger partial charge is 0.337 e. The number of methoxy groups -OCH3 is 1. The average Bonchev–Trinajstić information content (AvgIpc) is 3.26. The molecule has 28 heavy (non-hydrogen) atoms. The van der Waals surface area contributed by atoms with Gasteiger partial charge in [-0.2, -0.15) is 0 Å². The van der Waals surface area contributed by atoms with E-state index < -0.39 is 6.10 Å². The first-order valence-corrected chi connectivity index (χ1v) is 10.5. The van der Waals surface area contributed by atoms with Crippen molar-refractivity contribution in [2.75, 3.05) is 20.2 Å². The van der Waals surface area contributed by atoms with E-state index in [1.54, 1.807) is 29.5 Å². The van der Waals surface area contributed by atoms with Crippen LogP contribution in [-0.4, -0.2) is 53.4 Å². The Morgan fingerprint density at radius 2 is 2.11 bits per heavy atom. The van der Waals surface area contributed by atoms with Crippen molar-refractivity contribution in [3.63, 3.8) is 0 Å². The third kappa shape index (κ3) is 4.21. The molecule has 1 saturated heterocycles. The van der Waals surface area contributed by atoms with Gasteiger partial charge in [0.25, 0.3) is 0 Å². The number of likely N-dealkylation sites (tertiary alicyclic amines) is 1. The molecular weight excluding hydrogens is 376 g/mol. The zero-order valence-corrected chi connectivity index (χ0v) is 17.0. The highest BCUT2D eigenvalue weighted by atomic mass is 32.1. The molecule has 2 aliphatic rings. The number of benzene rings is 1. The Morgan fingerprint density at radius 1 is 1.32 bits per heavy atom. The summed E-state index contributed by atoms with van der Waals surface area (Å²) < 4.78 is 10.9. The van der Waals surface area contributed by atoms with E-state index in [1.807, 2.05) is 19.2 Å². The van der Waals surface area contributed by atoms with E-state index in [4.69, 9.17) is 9.47 Å². The van der Waals surface area contributed by atoms with Gasteiger partial charge in [0.05, 0.1) is 23.8 Å². The summed E-state index contributed by atoms with van der Waals surface area (Å²) in [6, 6.07) is 6.96. The molecule has 4 atom stereocenters. The van der Waals surface area contributed by atoms with Crippen LogP contribution in [-0.2, 0) is 11.3 Å². The van der Waals surface area contributed by atoms with Gasteiger partial charge in [-0.05, 0) is 49.8 Å². The van der Waals surface area contributed by atoms with E-state index in [-0.39, 0.29) is 12.1 Å². The van der Waals surface area contributed by atoms with Gasteiger partial charge in [0.1, 0.15) is 11.9 Å². The lowest BCUT2D eigenvalue weighted by atomic mass is 9.78. The van der Waals surface area contributed by atoms with Gasteiger partial charge in [-0.25, -0.2) is 9.78 Å². The Kier molecular flexibility index (Phi) is 5.66. The summed E-state index contributed by atoms with van der Waals surface area (Å²) in [5.41, 5.74) is 0.454. The Hall–Kier alpha value is -1.96. The number of carbonyl (C=O) groups is 1.